The first-order valence-corrected chi connectivity index (χ1v) is 13.1. The Morgan fingerprint density at radius 1 is 1.26 bits per heavy atom. The van der Waals surface area contributed by atoms with Crippen LogP contribution >= 0.6 is 11.6 Å². The Bertz CT molecular complexity index is 1350. The third kappa shape index (κ3) is 6.80. The Morgan fingerprint density at radius 2 is 2.05 bits per heavy atom. The number of benzene rings is 2. The number of hydrogen-bond acceptors (Lipinski definition) is 7. The Hall–Kier alpha value is -3.22. The van der Waals surface area contributed by atoms with E-state index >= 15 is 0 Å². The van der Waals surface area contributed by atoms with Crippen molar-refractivity contribution >= 4 is 34.0 Å². The smallest absolute Gasteiger partial charge is 0.148 e. The maximum atomic E-state index is 13.8. The summed E-state index contributed by atoms with van der Waals surface area (Å²) >= 11 is 6.05. The van der Waals surface area contributed by atoms with Gasteiger partial charge in [0, 0.05) is 49.5 Å². The van der Waals surface area contributed by atoms with Gasteiger partial charge in [-0.1, -0.05) is 30.0 Å². The summed E-state index contributed by atoms with van der Waals surface area (Å²) < 4.78 is 25.1. The first-order valence-electron chi connectivity index (χ1n) is 12.7. The number of fused-ring (bicyclic) bond motifs is 1. The molecule has 1 fully saturated rings. The maximum absolute atomic E-state index is 13.8. The molecule has 7 nitrogen and oxygen atoms in total. The van der Waals surface area contributed by atoms with Crippen LogP contribution in [0.1, 0.15) is 26.3 Å². The molecule has 0 atom stereocenters. The zero-order valence-corrected chi connectivity index (χ0v) is 22.8. The van der Waals surface area contributed by atoms with Crippen LogP contribution in [0.25, 0.3) is 10.9 Å². The lowest BCUT2D eigenvalue weighted by atomic mass is 10.0. The summed E-state index contributed by atoms with van der Waals surface area (Å²) in [6.07, 6.45) is 3.08. The summed E-state index contributed by atoms with van der Waals surface area (Å²) in [5, 5.41) is 4.31. The molecule has 38 heavy (non-hydrogen) atoms. The minimum atomic E-state index is -0.493. The Balaban J connectivity index is 1.65. The van der Waals surface area contributed by atoms with E-state index in [-0.39, 0.29) is 5.02 Å². The van der Waals surface area contributed by atoms with Crippen molar-refractivity contribution in [1.29, 1.82) is 0 Å². The van der Waals surface area contributed by atoms with Gasteiger partial charge in [-0.3, -0.25) is 4.90 Å². The van der Waals surface area contributed by atoms with Crippen molar-refractivity contribution in [2.45, 2.75) is 26.3 Å². The highest BCUT2D eigenvalue weighted by Crippen LogP contribution is 2.34. The molecule has 3 aromatic rings. The summed E-state index contributed by atoms with van der Waals surface area (Å²) in [5.41, 5.74) is 1.61. The first-order chi connectivity index (χ1) is 18.3. The van der Waals surface area contributed by atoms with Crippen molar-refractivity contribution in [3.05, 3.63) is 65.8 Å². The van der Waals surface area contributed by atoms with Crippen LogP contribution in [-0.2, 0) is 4.74 Å². The second-order valence-corrected chi connectivity index (χ2v) is 9.81. The minimum Gasteiger partial charge on any atom is -0.492 e. The van der Waals surface area contributed by atoms with Gasteiger partial charge in [-0.05, 0) is 45.0 Å². The van der Waals surface area contributed by atoms with Gasteiger partial charge >= 0.3 is 0 Å². The van der Waals surface area contributed by atoms with Crippen LogP contribution in [0, 0.1) is 17.7 Å². The number of hydrogen-bond donors (Lipinski definition) is 1. The van der Waals surface area contributed by atoms with Crippen molar-refractivity contribution in [2.24, 2.45) is 0 Å². The van der Waals surface area contributed by atoms with Crippen molar-refractivity contribution in [3.63, 3.8) is 0 Å². The molecule has 0 amide bonds. The molecule has 1 saturated heterocycles. The molecule has 4 rings (SSSR count). The Labute approximate surface area is 228 Å². The van der Waals surface area contributed by atoms with E-state index in [1.54, 1.807) is 17.2 Å². The Morgan fingerprint density at radius 3 is 2.76 bits per heavy atom. The molecular weight excluding hydrogens is 505 g/mol. The number of anilines is 2. The summed E-state index contributed by atoms with van der Waals surface area (Å²) in [6.45, 7) is 15.7. The van der Waals surface area contributed by atoms with E-state index in [4.69, 9.17) is 21.1 Å². The number of rotatable bonds is 9. The predicted molar refractivity (Wildman–Crippen MR) is 151 cm³/mol. The number of nitrogens with zero attached hydrogens (tertiary/aromatic N) is 4. The molecule has 200 valence electrons. The molecule has 9 heteroatoms. The summed E-state index contributed by atoms with van der Waals surface area (Å²) in [6, 6.07) is 8.26. The monoisotopic (exact) mass is 537 g/mol. The lowest BCUT2D eigenvalue weighted by molar-refractivity contribution is 0.0380. The van der Waals surface area contributed by atoms with E-state index in [1.807, 2.05) is 19.1 Å². The van der Waals surface area contributed by atoms with Gasteiger partial charge in [-0.25, -0.2) is 14.4 Å². The van der Waals surface area contributed by atoms with Gasteiger partial charge in [0.05, 0.1) is 41.5 Å². The van der Waals surface area contributed by atoms with Crippen molar-refractivity contribution in [3.8, 4) is 17.6 Å². The highest BCUT2D eigenvalue weighted by atomic mass is 35.5. The van der Waals surface area contributed by atoms with Crippen LogP contribution in [0.3, 0.4) is 0 Å². The molecule has 0 unspecified atom stereocenters. The highest BCUT2D eigenvalue weighted by Gasteiger charge is 2.18. The molecule has 0 spiro atoms. The molecule has 1 N–H and O–H groups in total. The second kappa shape index (κ2) is 12.5. The summed E-state index contributed by atoms with van der Waals surface area (Å²) in [5.74, 6) is 7.41. The predicted octanol–water partition coefficient (Wildman–Crippen LogP) is 5.15. The van der Waals surface area contributed by atoms with E-state index in [1.165, 1.54) is 18.5 Å². The number of morpholine rings is 1. The van der Waals surface area contributed by atoms with Crippen molar-refractivity contribution in [1.82, 2.24) is 20.2 Å². The molecular formula is C29H33ClFN5O2. The fourth-order valence-electron chi connectivity index (χ4n) is 4.20. The third-order valence-corrected chi connectivity index (χ3v) is 6.51. The molecule has 0 aliphatic carbocycles. The third-order valence-electron chi connectivity index (χ3n) is 6.22. The van der Waals surface area contributed by atoms with Gasteiger partial charge in [-0.2, -0.15) is 0 Å². The number of aromatic nitrogens is 2. The van der Waals surface area contributed by atoms with E-state index in [0.717, 1.165) is 50.3 Å². The summed E-state index contributed by atoms with van der Waals surface area (Å²) in [7, 11) is 0. The highest BCUT2D eigenvalue weighted by molar-refractivity contribution is 6.31. The van der Waals surface area contributed by atoms with Gasteiger partial charge in [-0.15, -0.1) is 0 Å². The van der Waals surface area contributed by atoms with Gasteiger partial charge in [0.2, 0.25) is 0 Å². The van der Waals surface area contributed by atoms with Crippen molar-refractivity contribution < 1.29 is 13.9 Å². The molecule has 0 bridgehead atoms. The first kappa shape index (κ1) is 27.8. The number of nitrogens with one attached hydrogen (secondary N) is 1. The van der Waals surface area contributed by atoms with Crippen LogP contribution in [0.5, 0.6) is 5.75 Å². The average Bonchev–Trinajstić information content (AvgIpc) is 2.91. The molecule has 1 aliphatic heterocycles. The van der Waals surface area contributed by atoms with Crippen LogP contribution in [0.2, 0.25) is 5.02 Å². The molecule has 2 aromatic carbocycles. The largest absolute Gasteiger partial charge is 0.492 e. The SMILES string of the molecule is C=CN(c1ccc(F)c(Cl)c1)c1ncnc2cc(OCC)c(C#CC(C)(C)NCCN3CCOCC3)cc12. The standard InChI is InChI=1S/C29H33ClFN5O2/c1-5-36(22-7-8-25(31)24(30)18-22)28-23-17-21(27(38-6-2)19-26(23)32-20-33-28)9-10-29(3,4)34-11-12-35-13-15-37-16-14-35/h5,7-8,17-20,34H,1,6,11-16H2,2-4H3. The fraction of sp³-hybridized carbons (Fsp3) is 0.379. The van der Waals surface area contributed by atoms with E-state index < -0.39 is 11.4 Å². The maximum Gasteiger partial charge on any atom is 0.148 e. The van der Waals surface area contributed by atoms with E-state index in [0.29, 0.717) is 29.4 Å². The van der Waals surface area contributed by atoms with Crippen LogP contribution in [0.4, 0.5) is 15.9 Å². The number of ether oxygens (including phenoxy) is 2. The Kier molecular flexibility index (Phi) is 9.18. The second-order valence-electron chi connectivity index (χ2n) is 9.40. The summed E-state index contributed by atoms with van der Waals surface area (Å²) in [4.78, 5) is 13.1. The topological polar surface area (TPSA) is 62.8 Å². The van der Waals surface area contributed by atoms with Crippen LogP contribution in [-0.4, -0.2) is 66.4 Å². The fourth-order valence-corrected chi connectivity index (χ4v) is 4.38. The van der Waals surface area contributed by atoms with Crippen molar-refractivity contribution in [2.75, 3.05) is 50.9 Å². The number of halogens is 2. The van der Waals surface area contributed by atoms with Crippen LogP contribution < -0.4 is 15.0 Å². The molecule has 2 heterocycles. The normalized spacial score (nSPS) is 14.1. The lowest BCUT2D eigenvalue weighted by Crippen LogP contribution is -2.45. The zero-order valence-electron chi connectivity index (χ0n) is 22.1. The van der Waals surface area contributed by atoms with Gasteiger partial charge in [0.25, 0.3) is 0 Å². The van der Waals surface area contributed by atoms with Crippen LogP contribution in [0.15, 0.2) is 49.4 Å². The van der Waals surface area contributed by atoms with Gasteiger partial charge < -0.3 is 19.7 Å². The molecule has 0 saturated carbocycles. The van der Waals surface area contributed by atoms with Gasteiger partial charge in [0.1, 0.15) is 23.7 Å². The zero-order chi connectivity index (χ0) is 27.1. The molecule has 1 aromatic heterocycles. The van der Waals surface area contributed by atoms with E-state index in [9.17, 15) is 4.39 Å². The quantitative estimate of drug-likeness (QED) is 0.378. The average molecular weight is 538 g/mol. The lowest BCUT2D eigenvalue weighted by Gasteiger charge is -2.28. The minimum absolute atomic E-state index is 0.0150. The van der Waals surface area contributed by atoms with E-state index in [2.05, 4.69) is 52.5 Å². The van der Waals surface area contributed by atoms with Gasteiger partial charge in [0.15, 0.2) is 0 Å². The molecule has 0 radical (unpaired) electrons. The molecule has 1 aliphatic rings.